The summed E-state index contributed by atoms with van der Waals surface area (Å²) >= 11 is 0. The fourth-order valence-electron chi connectivity index (χ4n) is 4.14. The largest absolute Gasteiger partial charge is 0.493 e. The molecule has 1 aromatic heterocycles. The minimum atomic E-state index is 0.202. The van der Waals surface area contributed by atoms with E-state index in [2.05, 4.69) is 41.5 Å². The Bertz CT molecular complexity index is 977. The summed E-state index contributed by atoms with van der Waals surface area (Å²) in [6.45, 7) is 3.11. The van der Waals surface area contributed by atoms with Gasteiger partial charge in [-0.1, -0.05) is 17.7 Å². The number of fused-ring (bicyclic) bond motifs is 3. The van der Waals surface area contributed by atoms with Gasteiger partial charge in [-0.05, 0) is 50.1 Å². The lowest BCUT2D eigenvalue weighted by molar-refractivity contribution is 0.321. The van der Waals surface area contributed by atoms with E-state index in [9.17, 15) is 0 Å². The Morgan fingerprint density at radius 3 is 2.56 bits per heavy atom. The zero-order valence-corrected chi connectivity index (χ0v) is 16.3. The molecule has 2 N–H and O–H groups in total. The van der Waals surface area contributed by atoms with Crippen LogP contribution in [0.4, 0.5) is 0 Å². The molecule has 0 saturated carbocycles. The molecule has 0 bridgehead atoms. The Morgan fingerprint density at radius 1 is 1.00 bits per heavy atom. The smallest absolute Gasteiger partial charge is 0.203 e. The molecule has 1 aliphatic heterocycles. The van der Waals surface area contributed by atoms with Gasteiger partial charge >= 0.3 is 0 Å². The van der Waals surface area contributed by atoms with Crippen LogP contribution in [-0.2, 0) is 12.8 Å². The van der Waals surface area contributed by atoms with Crippen LogP contribution in [0.25, 0.3) is 10.9 Å². The van der Waals surface area contributed by atoms with Gasteiger partial charge in [0.15, 0.2) is 11.5 Å². The number of hydrogen-bond acceptors (Lipinski definition) is 4. The first-order valence-corrected chi connectivity index (χ1v) is 9.28. The Morgan fingerprint density at radius 2 is 1.81 bits per heavy atom. The third kappa shape index (κ3) is 3.02. The highest BCUT2D eigenvalue weighted by Crippen LogP contribution is 2.42. The van der Waals surface area contributed by atoms with E-state index in [4.69, 9.17) is 14.2 Å². The third-order valence-corrected chi connectivity index (χ3v) is 5.42. The van der Waals surface area contributed by atoms with Crippen molar-refractivity contribution in [1.82, 2.24) is 10.3 Å². The summed E-state index contributed by atoms with van der Waals surface area (Å²) in [6.07, 6.45) is 1.85. The molecule has 2 heterocycles. The minimum Gasteiger partial charge on any atom is -0.493 e. The lowest BCUT2D eigenvalue weighted by atomic mass is 9.94. The van der Waals surface area contributed by atoms with Crippen molar-refractivity contribution >= 4 is 10.9 Å². The van der Waals surface area contributed by atoms with E-state index < -0.39 is 0 Å². The van der Waals surface area contributed by atoms with Gasteiger partial charge in [0.25, 0.3) is 0 Å². The third-order valence-electron chi connectivity index (χ3n) is 5.42. The molecule has 27 heavy (non-hydrogen) atoms. The maximum atomic E-state index is 5.67. The van der Waals surface area contributed by atoms with Crippen molar-refractivity contribution < 1.29 is 14.2 Å². The highest BCUT2D eigenvalue weighted by atomic mass is 16.5. The standard InChI is InChI=1S/C22H26N2O3/c1-13-5-7-17-16(11-13)15-9-10-23-18(20(15)24-17)12-14-6-8-19(25-2)22(27-4)21(14)26-3/h5-8,11,18,23-24H,9-10,12H2,1-4H3. The number of ether oxygens (including phenoxy) is 3. The molecule has 4 rings (SSSR count). The quantitative estimate of drug-likeness (QED) is 0.718. The van der Waals surface area contributed by atoms with Crippen molar-refractivity contribution in [1.29, 1.82) is 0 Å². The van der Waals surface area contributed by atoms with Crippen molar-refractivity contribution in [3.8, 4) is 17.2 Å². The normalized spacial score (nSPS) is 16.2. The lowest BCUT2D eigenvalue weighted by Crippen LogP contribution is -2.31. The average molecular weight is 366 g/mol. The van der Waals surface area contributed by atoms with Gasteiger partial charge < -0.3 is 24.5 Å². The first-order chi connectivity index (χ1) is 13.2. The molecule has 1 aliphatic rings. The second-order valence-corrected chi connectivity index (χ2v) is 7.02. The molecule has 0 amide bonds. The van der Waals surface area contributed by atoms with Crippen LogP contribution in [0.3, 0.4) is 0 Å². The number of methoxy groups -OCH3 is 3. The van der Waals surface area contributed by atoms with Crippen molar-refractivity contribution in [2.75, 3.05) is 27.9 Å². The van der Waals surface area contributed by atoms with E-state index >= 15 is 0 Å². The van der Waals surface area contributed by atoms with Gasteiger partial charge in [0.2, 0.25) is 5.75 Å². The molecule has 142 valence electrons. The van der Waals surface area contributed by atoms with E-state index in [1.165, 1.54) is 27.7 Å². The maximum absolute atomic E-state index is 5.67. The highest BCUT2D eigenvalue weighted by molar-refractivity contribution is 5.85. The number of aryl methyl sites for hydroxylation is 1. The van der Waals surface area contributed by atoms with E-state index in [0.717, 1.165) is 30.7 Å². The number of aromatic nitrogens is 1. The van der Waals surface area contributed by atoms with Crippen LogP contribution >= 0.6 is 0 Å². The molecular weight excluding hydrogens is 340 g/mol. The summed E-state index contributed by atoms with van der Waals surface area (Å²) in [5, 5.41) is 5.00. The van der Waals surface area contributed by atoms with Crippen LogP contribution in [0.1, 0.15) is 28.4 Å². The van der Waals surface area contributed by atoms with Crippen LogP contribution in [0.2, 0.25) is 0 Å². The molecule has 1 atom stereocenters. The Kier molecular flexibility index (Phi) is 4.70. The van der Waals surface area contributed by atoms with Crippen LogP contribution in [0.5, 0.6) is 17.2 Å². The monoisotopic (exact) mass is 366 g/mol. The molecule has 0 radical (unpaired) electrons. The van der Waals surface area contributed by atoms with E-state index in [1.54, 1.807) is 21.3 Å². The highest BCUT2D eigenvalue weighted by Gasteiger charge is 2.26. The molecule has 3 aromatic rings. The first kappa shape index (κ1) is 17.7. The molecule has 2 aromatic carbocycles. The molecule has 0 saturated heterocycles. The zero-order chi connectivity index (χ0) is 19.0. The fourth-order valence-corrected chi connectivity index (χ4v) is 4.14. The molecule has 5 heteroatoms. The van der Waals surface area contributed by atoms with E-state index in [-0.39, 0.29) is 6.04 Å². The average Bonchev–Trinajstić information content (AvgIpc) is 3.06. The Balaban J connectivity index is 1.74. The molecule has 1 unspecified atom stereocenters. The number of aromatic amines is 1. The van der Waals surface area contributed by atoms with Gasteiger partial charge in [0.1, 0.15) is 0 Å². The zero-order valence-electron chi connectivity index (χ0n) is 16.3. The van der Waals surface area contributed by atoms with Crippen LogP contribution in [-0.4, -0.2) is 32.9 Å². The van der Waals surface area contributed by atoms with Gasteiger partial charge in [-0.25, -0.2) is 0 Å². The first-order valence-electron chi connectivity index (χ1n) is 9.28. The topological polar surface area (TPSA) is 55.5 Å². The summed E-state index contributed by atoms with van der Waals surface area (Å²) in [4.78, 5) is 3.64. The van der Waals surface area contributed by atoms with Crippen LogP contribution < -0.4 is 19.5 Å². The maximum Gasteiger partial charge on any atom is 0.203 e. The Labute approximate surface area is 159 Å². The van der Waals surface area contributed by atoms with Crippen molar-refractivity contribution in [2.45, 2.75) is 25.8 Å². The predicted molar refractivity (Wildman–Crippen MR) is 107 cm³/mol. The van der Waals surface area contributed by atoms with Crippen LogP contribution in [0.15, 0.2) is 30.3 Å². The fraction of sp³-hybridized carbons (Fsp3) is 0.364. The number of rotatable bonds is 5. The summed E-state index contributed by atoms with van der Waals surface area (Å²) < 4.78 is 16.6. The lowest BCUT2D eigenvalue weighted by Gasteiger charge is -2.26. The molecule has 0 aliphatic carbocycles. The number of nitrogens with one attached hydrogen (secondary N) is 2. The van der Waals surface area contributed by atoms with Gasteiger partial charge in [-0.15, -0.1) is 0 Å². The van der Waals surface area contributed by atoms with Crippen molar-refractivity contribution in [3.63, 3.8) is 0 Å². The summed E-state index contributed by atoms with van der Waals surface area (Å²) in [6, 6.07) is 10.8. The number of H-pyrrole nitrogens is 1. The summed E-state index contributed by atoms with van der Waals surface area (Å²) in [7, 11) is 4.95. The van der Waals surface area contributed by atoms with Crippen molar-refractivity contribution in [2.24, 2.45) is 0 Å². The van der Waals surface area contributed by atoms with Gasteiger partial charge in [0, 0.05) is 22.2 Å². The second kappa shape index (κ2) is 7.16. The van der Waals surface area contributed by atoms with E-state index in [1.807, 2.05) is 6.07 Å². The second-order valence-electron chi connectivity index (χ2n) is 7.02. The molecular formula is C22H26N2O3. The Hall–Kier alpha value is -2.66. The van der Waals surface area contributed by atoms with E-state index in [0.29, 0.717) is 11.5 Å². The number of benzene rings is 2. The summed E-state index contributed by atoms with van der Waals surface area (Å²) in [5.41, 5.74) is 6.30. The van der Waals surface area contributed by atoms with Gasteiger partial charge in [0.05, 0.1) is 27.4 Å². The van der Waals surface area contributed by atoms with Gasteiger partial charge in [-0.2, -0.15) is 0 Å². The molecule has 0 spiro atoms. The number of hydrogen-bond donors (Lipinski definition) is 2. The SMILES string of the molecule is COc1ccc(CC2NCCc3c2[nH]c2ccc(C)cc32)c(OC)c1OC. The van der Waals surface area contributed by atoms with Crippen LogP contribution in [0, 0.1) is 6.92 Å². The minimum absolute atomic E-state index is 0.202. The summed E-state index contributed by atoms with van der Waals surface area (Å²) in [5.74, 6) is 2.05. The van der Waals surface area contributed by atoms with Gasteiger partial charge in [-0.3, -0.25) is 0 Å². The van der Waals surface area contributed by atoms with Crippen molar-refractivity contribution in [3.05, 3.63) is 52.7 Å². The predicted octanol–water partition coefficient (Wildman–Crippen LogP) is 3.93. The molecule has 5 nitrogen and oxygen atoms in total. The molecule has 0 fully saturated rings.